The van der Waals surface area contributed by atoms with Crippen LogP contribution in [0.5, 0.6) is 0 Å². The number of rotatable bonds is 7. The summed E-state index contributed by atoms with van der Waals surface area (Å²) in [5, 5.41) is 5.42. The molecule has 128 valence electrons. The Kier molecular flexibility index (Phi) is 6.06. The lowest BCUT2D eigenvalue weighted by Gasteiger charge is -2.17. The molecule has 0 saturated carbocycles. The van der Waals surface area contributed by atoms with Crippen molar-refractivity contribution < 1.29 is 22.8 Å². The van der Waals surface area contributed by atoms with Gasteiger partial charge in [-0.25, -0.2) is 8.78 Å². The second-order valence-electron chi connectivity index (χ2n) is 5.23. The first-order chi connectivity index (χ1) is 11.5. The van der Waals surface area contributed by atoms with Gasteiger partial charge < -0.3 is 15.1 Å². The average molecular weight is 336 g/mol. The molecule has 0 saturated heterocycles. The van der Waals surface area contributed by atoms with Crippen molar-refractivity contribution in [2.45, 2.75) is 25.8 Å². The SMILES string of the molecule is CCC(CNC(=O)c1cccc(C(F)F)c1)NC(=O)c1ccoc1. The van der Waals surface area contributed by atoms with Crippen LogP contribution < -0.4 is 10.6 Å². The van der Waals surface area contributed by atoms with Gasteiger partial charge in [-0.2, -0.15) is 0 Å². The van der Waals surface area contributed by atoms with Gasteiger partial charge in [-0.05, 0) is 24.6 Å². The van der Waals surface area contributed by atoms with E-state index in [-0.39, 0.29) is 29.6 Å². The standard InChI is InChI=1S/C17H18F2N2O3/c1-2-14(21-17(23)13-6-7-24-10-13)9-20-16(22)12-5-3-4-11(8-12)15(18)19/h3-8,10,14-15H,2,9H2,1H3,(H,20,22)(H,21,23). The molecule has 0 aliphatic heterocycles. The number of amides is 2. The first-order valence-corrected chi connectivity index (χ1v) is 7.50. The lowest BCUT2D eigenvalue weighted by Crippen LogP contribution is -2.43. The zero-order valence-electron chi connectivity index (χ0n) is 13.1. The van der Waals surface area contributed by atoms with Crippen LogP contribution in [0.15, 0.2) is 47.3 Å². The van der Waals surface area contributed by atoms with Crippen molar-refractivity contribution >= 4 is 11.8 Å². The van der Waals surface area contributed by atoms with Crippen molar-refractivity contribution in [2.24, 2.45) is 0 Å². The predicted octanol–water partition coefficient (Wildman–Crippen LogP) is 3.16. The van der Waals surface area contributed by atoms with E-state index >= 15 is 0 Å². The highest BCUT2D eigenvalue weighted by molar-refractivity contribution is 5.95. The molecule has 0 aliphatic carbocycles. The molecule has 0 aliphatic rings. The van der Waals surface area contributed by atoms with E-state index < -0.39 is 12.3 Å². The molecule has 2 amide bonds. The molecule has 0 radical (unpaired) electrons. The van der Waals surface area contributed by atoms with Crippen LogP contribution in [0.3, 0.4) is 0 Å². The number of hydrogen-bond donors (Lipinski definition) is 2. The van der Waals surface area contributed by atoms with Crippen LogP contribution in [0.1, 0.15) is 46.0 Å². The zero-order valence-corrected chi connectivity index (χ0v) is 13.1. The van der Waals surface area contributed by atoms with Crippen LogP contribution in [0, 0.1) is 0 Å². The summed E-state index contributed by atoms with van der Waals surface area (Å²) in [6.45, 7) is 2.06. The lowest BCUT2D eigenvalue weighted by atomic mass is 10.1. The van der Waals surface area contributed by atoms with Crippen molar-refractivity contribution in [3.05, 3.63) is 59.5 Å². The Morgan fingerprint density at radius 3 is 2.58 bits per heavy atom. The lowest BCUT2D eigenvalue weighted by molar-refractivity contribution is 0.0907. The van der Waals surface area contributed by atoms with Crippen molar-refractivity contribution in [3.8, 4) is 0 Å². The number of carbonyl (C=O) groups is 2. The van der Waals surface area contributed by atoms with Crippen LogP contribution in [-0.2, 0) is 0 Å². The van der Waals surface area contributed by atoms with Gasteiger partial charge in [-0.3, -0.25) is 9.59 Å². The highest BCUT2D eigenvalue weighted by Crippen LogP contribution is 2.19. The fourth-order valence-corrected chi connectivity index (χ4v) is 2.09. The molecule has 1 unspecified atom stereocenters. The van der Waals surface area contributed by atoms with Gasteiger partial charge in [0.25, 0.3) is 18.2 Å². The summed E-state index contributed by atoms with van der Waals surface area (Å²) in [6.07, 6.45) is 0.695. The van der Waals surface area contributed by atoms with Gasteiger partial charge >= 0.3 is 0 Å². The van der Waals surface area contributed by atoms with Gasteiger partial charge in [0.15, 0.2) is 0 Å². The van der Waals surface area contributed by atoms with E-state index in [4.69, 9.17) is 4.42 Å². The van der Waals surface area contributed by atoms with Gasteiger partial charge in [0.05, 0.1) is 11.8 Å². The number of carbonyl (C=O) groups excluding carboxylic acids is 2. The van der Waals surface area contributed by atoms with E-state index in [9.17, 15) is 18.4 Å². The molecule has 1 heterocycles. The molecular weight excluding hydrogens is 318 g/mol. The maximum atomic E-state index is 12.7. The zero-order chi connectivity index (χ0) is 17.5. The minimum atomic E-state index is -2.63. The Hall–Kier alpha value is -2.70. The van der Waals surface area contributed by atoms with Gasteiger partial charge in [-0.1, -0.05) is 19.1 Å². The van der Waals surface area contributed by atoms with Crippen LogP contribution >= 0.6 is 0 Å². The topological polar surface area (TPSA) is 71.3 Å². The van der Waals surface area contributed by atoms with Crippen LogP contribution in [-0.4, -0.2) is 24.4 Å². The maximum Gasteiger partial charge on any atom is 0.263 e. The fraction of sp³-hybridized carbons (Fsp3) is 0.294. The van der Waals surface area contributed by atoms with E-state index in [1.54, 1.807) is 0 Å². The predicted molar refractivity (Wildman–Crippen MR) is 84.0 cm³/mol. The Morgan fingerprint density at radius 2 is 1.96 bits per heavy atom. The van der Waals surface area contributed by atoms with Gasteiger partial charge in [0, 0.05) is 23.7 Å². The Morgan fingerprint density at radius 1 is 1.17 bits per heavy atom. The number of halogens is 2. The van der Waals surface area contributed by atoms with Gasteiger partial charge in [0.2, 0.25) is 0 Å². The Bertz CT molecular complexity index is 687. The molecule has 2 rings (SSSR count). The van der Waals surface area contributed by atoms with Crippen molar-refractivity contribution in [3.63, 3.8) is 0 Å². The molecular formula is C17H18F2N2O3. The summed E-state index contributed by atoms with van der Waals surface area (Å²) < 4.78 is 30.2. The molecule has 0 bridgehead atoms. The summed E-state index contributed by atoms with van der Waals surface area (Å²) in [7, 11) is 0. The van der Waals surface area contributed by atoms with Crippen molar-refractivity contribution in [2.75, 3.05) is 6.54 Å². The van der Waals surface area contributed by atoms with Crippen molar-refractivity contribution in [1.82, 2.24) is 10.6 Å². The van der Waals surface area contributed by atoms with E-state index in [0.717, 1.165) is 6.07 Å². The average Bonchev–Trinajstić information content (AvgIpc) is 3.12. The molecule has 2 N–H and O–H groups in total. The molecule has 0 fully saturated rings. The molecule has 5 nitrogen and oxygen atoms in total. The second-order valence-corrected chi connectivity index (χ2v) is 5.23. The van der Waals surface area contributed by atoms with Gasteiger partial charge in [0.1, 0.15) is 6.26 Å². The van der Waals surface area contributed by atoms with E-state index in [2.05, 4.69) is 10.6 Å². The number of nitrogens with one attached hydrogen (secondary N) is 2. The van der Waals surface area contributed by atoms with Gasteiger partial charge in [-0.15, -0.1) is 0 Å². The van der Waals surface area contributed by atoms with Crippen molar-refractivity contribution in [1.29, 1.82) is 0 Å². The molecule has 7 heteroatoms. The number of furan rings is 1. The quantitative estimate of drug-likeness (QED) is 0.816. The van der Waals surface area contributed by atoms with Crippen LogP contribution in [0.25, 0.3) is 0 Å². The monoisotopic (exact) mass is 336 g/mol. The summed E-state index contributed by atoms with van der Waals surface area (Å²) in [5.41, 5.74) is 0.344. The highest BCUT2D eigenvalue weighted by atomic mass is 19.3. The van der Waals surface area contributed by atoms with E-state index in [0.29, 0.717) is 12.0 Å². The second kappa shape index (κ2) is 8.24. The molecule has 1 aromatic heterocycles. The summed E-state index contributed by atoms with van der Waals surface area (Å²) in [6, 6.07) is 6.55. The number of alkyl halides is 2. The summed E-state index contributed by atoms with van der Waals surface area (Å²) in [5.74, 6) is -0.766. The number of hydrogen-bond acceptors (Lipinski definition) is 3. The molecule has 0 spiro atoms. The van der Waals surface area contributed by atoms with E-state index in [1.807, 2.05) is 6.92 Å². The highest BCUT2D eigenvalue weighted by Gasteiger charge is 2.15. The molecule has 1 atom stereocenters. The third-order valence-corrected chi connectivity index (χ3v) is 3.52. The first kappa shape index (κ1) is 17.7. The first-order valence-electron chi connectivity index (χ1n) is 7.50. The Labute approximate surface area is 138 Å². The smallest absolute Gasteiger partial charge is 0.263 e. The largest absolute Gasteiger partial charge is 0.472 e. The minimum Gasteiger partial charge on any atom is -0.472 e. The molecule has 24 heavy (non-hydrogen) atoms. The van der Waals surface area contributed by atoms with E-state index in [1.165, 1.54) is 36.8 Å². The van der Waals surface area contributed by atoms with Crippen LogP contribution in [0.2, 0.25) is 0 Å². The van der Waals surface area contributed by atoms with Crippen LogP contribution in [0.4, 0.5) is 8.78 Å². The summed E-state index contributed by atoms with van der Waals surface area (Å²) in [4.78, 5) is 24.0. The Balaban J connectivity index is 1.91. The third kappa shape index (κ3) is 4.65. The summed E-state index contributed by atoms with van der Waals surface area (Å²) >= 11 is 0. The molecule has 2 aromatic rings. The maximum absolute atomic E-state index is 12.7. The minimum absolute atomic E-state index is 0.156. The molecule has 1 aromatic carbocycles. The third-order valence-electron chi connectivity index (χ3n) is 3.52. The number of benzene rings is 1. The normalized spacial score (nSPS) is 12.0. The fourth-order valence-electron chi connectivity index (χ4n) is 2.09.